The van der Waals surface area contributed by atoms with Crippen LogP contribution >= 0.6 is 0 Å². The minimum absolute atomic E-state index is 0.000493. The first-order valence-corrected chi connectivity index (χ1v) is 9.65. The summed E-state index contributed by atoms with van der Waals surface area (Å²) in [4.78, 5) is 33.6. The van der Waals surface area contributed by atoms with E-state index in [1.807, 2.05) is 37.8 Å². The van der Waals surface area contributed by atoms with Crippen molar-refractivity contribution in [2.45, 2.75) is 46.5 Å². The smallest absolute Gasteiger partial charge is 0.260 e. The molecule has 6 nitrogen and oxygen atoms in total. The van der Waals surface area contributed by atoms with Gasteiger partial charge >= 0.3 is 0 Å². The number of amides is 2. The first kappa shape index (κ1) is 18.7. The van der Waals surface area contributed by atoms with Gasteiger partial charge in [0.1, 0.15) is 5.75 Å². The van der Waals surface area contributed by atoms with Crippen LogP contribution in [0.15, 0.2) is 12.1 Å². The predicted molar refractivity (Wildman–Crippen MR) is 99.0 cm³/mol. The molecule has 1 spiro atoms. The summed E-state index contributed by atoms with van der Waals surface area (Å²) in [5.74, 6) is 0.843. The van der Waals surface area contributed by atoms with Gasteiger partial charge in [-0.05, 0) is 51.7 Å². The third-order valence-corrected chi connectivity index (χ3v) is 5.67. The second-order valence-corrected chi connectivity index (χ2v) is 7.37. The normalized spacial score (nSPS) is 23.0. The fraction of sp³-hybridized carbons (Fsp3) is 0.650. The van der Waals surface area contributed by atoms with Crippen molar-refractivity contribution in [2.75, 3.05) is 32.8 Å². The molecule has 6 heteroatoms. The van der Waals surface area contributed by atoms with Crippen molar-refractivity contribution in [3.8, 4) is 5.75 Å². The molecule has 142 valence electrons. The Labute approximate surface area is 155 Å². The average Bonchev–Trinajstić information content (AvgIpc) is 3.08. The van der Waals surface area contributed by atoms with Gasteiger partial charge < -0.3 is 14.5 Å². The highest BCUT2D eigenvalue weighted by molar-refractivity contribution is 5.86. The summed E-state index contributed by atoms with van der Waals surface area (Å²) in [7, 11) is 0. The number of carbonyl (C=O) groups is 2. The van der Waals surface area contributed by atoms with Crippen LogP contribution in [0.1, 0.15) is 44.5 Å². The van der Waals surface area contributed by atoms with Crippen molar-refractivity contribution < 1.29 is 14.3 Å². The Morgan fingerprint density at radius 3 is 2.81 bits per heavy atom. The molecule has 2 saturated heterocycles. The van der Waals surface area contributed by atoms with E-state index in [0.29, 0.717) is 18.8 Å². The molecular formula is C20H29N3O3. The Kier molecular flexibility index (Phi) is 5.49. The van der Waals surface area contributed by atoms with Gasteiger partial charge in [0.15, 0.2) is 6.61 Å². The van der Waals surface area contributed by atoms with E-state index in [2.05, 4.69) is 4.98 Å². The number of rotatable bonds is 5. The number of carbonyl (C=O) groups excluding carboxylic acids is 2. The molecule has 1 aromatic rings. The minimum Gasteiger partial charge on any atom is -0.482 e. The lowest BCUT2D eigenvalue weighted by Gasteiger charge is -2.38. The third kappa shape index (κ3) is 3.55. The zero-order valence-corrected chi connectivity index (χ0v) is 16.1. The number of aromatic nitrogens is 1. The van der Waals surface area contributed by atoms with Gasteiger partial charge in [0.2, 0.25) is 5.91 Å². The number of piperidine rings is 1. The topological polar surface area (TPSA) is 62.7 Å². The molecule has 3 heterocycles. The largest absolute Gasteiger partial charge is 0.482 e. The van der Waals surface area contributed by atoms with E-state index in [-0.39, 0.29) is 23.8 Å². The van der Waals surface area contributed by atoms with Crippen LogP contribution in [0.4, 0.5) is 0 Å². The fourth-order valence-corrected chi connectivity index (χ4v) is 4.13. The second-order valence-electron chi connectivity index (χ2n) is 7.37. The number of nitrogens with zero attached hydrogens (tertiary/aromatic N) is 3. The average molecular weight is 359 g/mol. The second kappa shape index (κ2) is 7.64. The number of hydrogen-bond acceptors (Lipinski definition) is 4. The van der Waals surface area contributed by atoms with E-state index in [1.54, 1.807) is 4.90 Å². The van der Waals surface area contributed by atoms with E-state index in [4.69, 9.17) is 4.74 Å². The minimum atomic E-state index is -0.371. The Morgan fingerprint density at radius 2 is 2.08 bits per heavy atom. The lowest BCUT2D eigenvalue weighted by molar-refractivity contribution is -0.146. The molecule has 0 N–H and O–H groups in total. The molecule has 0 bridgehead atoms. The maximum atomic E-state index is 12.8. The number of pyridine rings is 1. The molecule has 2 fully saturated rings. The summed E-state index contributed by atoms with van der Waals surface area (Å²) in [6.07, 6.45) is 3.43. The van der Waals surface area contributed by atoms with Gasteiger partial charge in [-0.3, -0.25) is 14.6 Å². The summed E-state index contributed by atoms with van der Waals surface area (Å²) in [5, 5.41) is 0. The molecule has 3 rings (SSSR count). The summed E-state index contributed by atoms with van der Waals surface area (Å²) >= 11 is 0. The highest BCUT2D eigenvalue weighted by Gasteiger charge is 2.49. The van der Waals surface area contributed by atoms with Gasteiger partial charge in [0.25, 0.3) is 5.91 Å². The highest BCUT2D eigenvalue weighted by atomic mass is 16.5. The van der Waals surface area contributed by atoms with Crippen LogP contribution in [0.25, 0.3) is 0 Å². The van der Waals surface area contributed by atoms with E-state index in [0.717, 1.165) is 50.2 Å². The molecule has 1 aromatic heterocycles. The highest BCUT2D eigenvalue weighted by Crippen LogP contribution is 2.40. The van der Waals surface area contributed by atoms with E-state index < -0.39 is 0 Å². The fourth-order valence-electron chi connectivity index (χ4n) is 4.13. The first-order chi connectivity index (χ1) is 12.5. The van der Waals surface area contributed by atoms with E-state index >= 15 is 0 Å². The van der Waals surface area contributed by atoms with Crippen LogP contribution in [0.3, 0.4) is 0 Å². The van der Waals surface area contributed by atoms with Gasteiger partial charge in [0, 0.05) is 31.9 Å². The van der Waals surface area contributed by atoms with Crippen molar-refractivity contribution in [3.63, 3.8) is 0 Å². The molecule has 0 aromatic carbocycles. The Morgan fingerprint density at radius 1 is 1.27 bits per heavy atom. The maximum absolute atomic E-state index is 12.8. The Balaban J connectivity index is 1.61. The molecular weight excluding hydrogens is 330 g/mol. The standard InChI is InChI=1S/C20H29N3O3/c1-4-16-17(8-7-15(3)21-16)26-13-18(24)23-12-10-20(14-23)9-6-11-22(5-2)19(20)25/h7-8H,4-6,9-14H2,1-3H3/t20-/m0/s1. The Bertz CT molecular complexity index is 691. The molecule has 0 aliphatic carbocycles. The van der Waals surface area contributed by atoms with Crippen molar-refractivity contribution in [1.29, 1.82) is 0 Å². The van der Waals surface area contributed by atoms with E-state index in [9.17, 15) is 9.59 Å². The van der Waals surface area contributed by atoms with Crippen LogP contribution in [0.2, 0.25) is 0 Å². The molecule has 26 heavy (non-hydrogen) atoms. The van der Waals surface area contributed by atoms with Gasteiger partial charge in [-0.1, -0.05) is 6.92 Å². The van der Waals surface area contributed by atoms with Crippen LogP contribution in [-0.4, -0.2) is 59.4 Å². The quantitative estimate of drug-likeness (QED) is 0.808. The van der Waals surface area contributed by atoms with Gasteiger partial charge in [-0.15, -0.1) is 0 Å². The summed E-state index contributed by atoms with van der Waals surface area (Å²) in [6, 6.07) is 3.77. The van der Waals surface area contributed by atoms with Crippen LogP contribution in [-0.2, 0) is 16.0 Å². The van der Waals surface area contributed by atoms with Gasteiger partial charge in [0.05, 0.1) is 11.1 Å². The molecule has 2 amide bonds. The molecule has 0 radical (unpaired) electrons. The number of ether oxygens (including phenoxy) is 1. The molecule has 0 saturated carbocycles. The zero-order valence-electron chi connectivity index (χ0n) is 16.1. The van der Waals surface area contributed by atoms with Crippen molar-refractivity contribution in [2.24, 2.45) is 5.41 Å². The van der Waals surface area contributed by atoms with Gasteiger partial charge in [-0.2, -0.15) is 0 Å². The van der Waals surface area contributed by atoms with Crippen LogP contribution in [0.5, 0.6) is 5.75 Å². The maximum Gasteiger partial charge on any atom is 0.260 e. The van der Waals surface area contributed by atoms with Crippen LogP contribution < -0.4 is 4.74 Å². The van der Waals surface area contributed by atoms with Crippen molar-refractivity contribution in [3.05, 3.63) is 23.5 Å². The van der Waals surface area contributed by atoms with Crippen molar-refractivity contribution >= 4 is 11.8 Å². The number of aryl methyl sites for hydroxylation is 2. The lowest BCUT2D eigenvalue weighted by atomic mass is 9.78. The summed E-state index contributed by atoms with van der Waals surface area (Å²) in [6.45, 7) is 8.73. The zero-order chi connectivity index (χ0) is 18.7. The third-order valence-electron chi connectivity index (χ3n) is 5.67. The molecule has 1 atom stereocenters. The molecule has 2 aliphatic rings. The number of likely N-dealkylation sites (tertiary alicyclic amines) is 2. The predicted octanol–water partition coefficient (Wildman–Crippen LogP) is 2.19. The van der Waals surface area contributed by atoms with Gasteiger partial charge in [-0.25, -0.2) is 0 Å². The summed E-state index contributed by atoms with van der Waals surface area (Å²) < 4.78 is 5.75. The molecule has 2 aliphatic heterocycles. The SMILES string of the molecule is CCc1nc(C)ccc1OCC(=O)N1CC[C@@]2(CCCN(CC)C2=O)C1. The Hall–Kier alpha value is -2.11. The number of hydrogen-bond donors (Lipinski definition) is 0. The van der Waals surface area contributed by atoms with Crippen molar-refractivity contribution in [1.82, 2.24) is 14.8 Å². The lowest BCUT2D eigenvalue weighted by Crippen LogP contribution is -2.50. The van der Waals surface area contributed by atoms with E-state index in [1.165, 1.54) is 0 Å². The first-order valence-electron chi connectivity index (χ1n) is 9.65. The monoisotopic (exact) mass is 359 g/mol. The molecule has 0 unspecified atom stereocenters. The summed E-state index contributed by atoms with van der Waals surface area (Å²) in [5.41, 5.74) is 1.44. The van der Waals surface area contributed by atoms with Crippen LogP contribution in [0, 0.1) is 12.3 Å².